The Morgan fingerprint density at radius 1 is 1.33 bits per heavy atom. The fourth-order valence-corrected chi connectivity index (χ4v) is 3.11. The minimum atomic E-state index is 0.370. The second-order valence-corrected chi connectivity index (χ2v) is 6.25. The highest BCUT2D eigenvalue weighted by Crippen LogP contribution is 2.21. The van der Waals surface area contributed by atoms with Gasteiger partial charge in [-0.1, -0.05) is 31.3 Å². The van der Waals surface area contributed by atoms with Gasteiger partial charge in [0.1, 0.15) is 10.7 Å². The molecule has 2 N–H and O–H groups in total. The van der Waals surface area contributed by atoms with E-state index in [0.717, 1.165) is 30.9 Å². The number of nitrogens with two attached hydrogens (primary N) is 1. The normalized spacial score (nSPS) is 10.8. The van der Waals surface area contributed by atoms with Gasteiger partial charge >= 0.3 is 0 Å². The average Bonchev–Trinajstić information content (AvgIpc) is 2.99. The molecule has 0 fully saturated rings. The summed E-state index contributed by atoms with van der Waals surface area (Å²) < 4.78 is 5.30. The van der Waals surface area contributed by atoms with Gasteiger partial charge in [-0.3, -0.25) is 4.90 Å². The first-order valence-corrected chi connectivity index (χ1v) is 8.14. The van der Waals surface area contributed by atoms with E-state index >= 15 is 0 Å². The van der Waals surface area contributed by atoms with E-state index in [1.165, 1.54) is 10.4 Å². The molecule has 0 radical (unpaired) electrons. The Bertz CT molecular complexity index is 596. The third-order valence-corrected chi connectivity index (χ3v) is 4.42. The Balaban J connectivity index is 2.13. The number of methoxy groups -OCH3 is 1. The zero-order valence-electron chi connectivity index (χ0n) is 12.3. The Morgan fingerprint density at radius 2 is 2.14 bits per heavy atom. The molecule has 0 atom stereocenters. The van der Waals surface area contributed by atoms with Crippen LogP contribution in [0, 0.1) is 0 Å². The van der Waals surface area contributed by atoms with Crippen LogP contribution in [0.2, 0.25) is 0 Å². The molecule has 2 rings (SSSR count). The number of ether oxygens (including phenoxy) is 1. The van der Waals surface area contributed by atoms with Gasteiger partial charge in [-0.2, -0.15) is 0 Å². The number of nitrogens with zero attached hydrogens (tertiary/aromatic N) is 1. The summed E-state index contributed by atoms with van der Waals surface area (Å²) in [5.74, 6) is 0.729. The van der Waals surface area contributed by atoms with Crippen LogP contribution in [0.15, 0.2) is 35.7 Å². The van der Waals surface area contributed by atoms with Crippen LogP contribution in [0.4, 0.5) is 0 Å². The van der Waals surface area contributed by atoms with Crippen molar-refractivity contribution in [2.75, 3.05) is 13.7 Å². The van der Waals surface area contributed by atoms with E-state index in [1.807, 2.05) is 12.1 Å². The van der Waals surface area contributed by atoms with Crippen molar-refractivity contribution >= 4 is 28.5 Å². The first kappa shape index (κ1) is 15.9. The largest absolute Gasteiger partial charge is 0.496 e. The van der Waals surface area contributed by atoms with Gasteiger partial charge in [-0.15, -0.1) is 11.3 Å². The maximum Gasteiger partial charge on any atom is 0.129 e. The molecule has 21 heavy (non-hydrogen) atoms. The topological polar surface area (TPSA) is 38.5 Å². The lowest BCUT2D eigenvalue weighted by atomic mass is 10.1. The molecular weight excluding hydrogens is 300 g/mol. The van der Waals surface area contributed by atoms with Crippen molar-refractivity contribution in [1.82, 2.24) is 4.90 Å². The van der Waals surface area contributed by atoms with E-state index in [0.29, 0.717) is 4.99 Å². The van der Waals surface area contributed by atoms with Crippen LogP contribution in [-0.4, -0.2) is 23.5 Å². The SMILES string of the molecule is CCN(Cc1ccc(OC)c(C(N)=S)c1)Cc1cccs1. The van der Waals surface area contributed by atoms with E-state index < -0.39 is 0 Å². The molecule has 112 valence electrons. The third-order valence-electron chi connectivity index (χ3n) is 3.34. The predicted octanol–water partition coefficient (Wildman–Crippen LogP) is 3.41. The Morgan fingerprint density at radius 3 is 2.71 bits per heavy atom. The Labute approximate surface area is 135 Å². The summed E-state index contributed by atoms with van der Waals surface area (Å²) in [6.07, 6.45) is 0. The van der Waals surface area contributed by atoms with Gasteiger partial charge in [-0.25, -0.2) is 0 Å². The monoisotopic (exact) mass is 320 g/mol. The van der Waals surface area contributed by atoms with Crippen LogP contribution in [0.5, 0.6) is 5.75 Å². The Hall–Kier alpha value is -1.43. The number of hydrogen-bond acceptors (Lipinski definition) is 4. The van der Waals surface area contributed by atoms with Crippen LogP contribution in [-0.2, 0) is 13.1 Å². The van der Waals surface area contributed by atoms with Crippen molar-refractivity contribution in [2.24, 2.45) is 5.73 Å². The van der Waals surface area contributed by atoms with Gasteiger partial charge < -0.3 is 10.5 Å². The lowest BCUT2D eigenvalue weighted by Gasteiger charge is -2.20. The van der Waals surface area contributed by atoms with E-state index in [2.05, 4.69) is 35.4 Å². The minimum Gasteiger partial charge on any atom is -0.496 e. The van der Waals surface area contributed by atoms with Crippen LogP contribution in [0.1, 0.15) is 22.9 Å². The van der Waals surface area contributed by atoms with Crippen molar-refractivity contribution in [1.29, 1.82) is 0 Å². The molecule has 0 unspecified atom stereocenters. The molecule has 0 amide bonds. The van der Waals surface area contributed by atoms with E-state index in [-0.39, 0.29) is 0 Å². The maximum absolute atomic E-state index is 5.77. The highest BCUT2D eigenvalue weighted by Gasteiger charge is 2.10. The molecular formula is C16H20N2OS2. The first-order chi connectivity index (χ1) is 10.1. The number of thiophene rings is 1. The lowest BCUT2D eigenvalue weighted by molar-refractivity contribution is 0.273. The number of hydrogen-bond donors (Lipinski definition) is 1. The number of benzene rings is 1. The van der Waals surface area contributed by atoms with Gasteiger partial charge in [0.15, 0.2) is 0 Å². The van der Waals surface area contributed by atoms with Gasteiger partial charge in [0, 0.05) is 18.0 Å². The molecule has 0 aliphatic rings. The molecule has 0 bridgehead atoms. The highest BCUT2D eigenvalue weighted by molar-refractivity contribution is 7.80. The molecule has 0 aliphatic carbocycles. The molecule has 0 saturated carbocycles. The smallest absolute Gasteiger partial charge is 0.129 e. The molecule has 1 aromatic heterocycles. The molecule has 0 spiro atoms. The van der Waals surface area contributed by atoms with Crippen molar-refractivity contribution in [3.05, 3.63) is 51.7 Å². The molecule has 0 saturated heterocycles. The zero-order valence-corrected chi connectivity index (χ0v) is 14.0. The quantitative estimate of drug-likeness (QED) is 0.794. The molecule has 1 aromatic carbocycles. The Kier molecular flexibility index (Phi) is 5.73. The van der Waals surface area contributed by atoms with Crippen molar-refractivity contribution in [2.45, 2.75) is 20.0 Å². The highest BCUT2D eigenvalue weighted by atomic mass is 32.1. The summed E-state index contributed by atoms with van der Waals surface area (Å²) in [5, 5.41) is 2.11. The van der Waals surface area contributed by atoms with Crippen LogP contribution in [0.25, 0.3) is 0 Å². The summed E-state index contributed by atoms with van der Waals surface area (Å²) in [6, 6.07) is 10.3. The zero-order chi connectivity index (χ0) is 15.2. The molecule has 2 aromatic rings. The molecule has 1 heterocycles. The van der Waals surface area contributed by atoms with Gasteiger partial charge in [0.05, 0.1) is 12.7 Å². The number of rotatable bonds is 7. The minimum absolute atomic E-state index is 0.370. The van der Waals surface area contributed by atoms with Crippen molar-refractivity contribution in [3.8, 4) is 5.75 Å². The maximum atomic E-state index is 5.77. The van der Waals surface area contributed by atoms with Crippen LogP contribution >= 0.6 is 23.6 Å². The predicted molar refractivity (Wildman–Crippen MR) is 93.0 cm³/mol. The first-order valence-electron chi connectivity index (χ1n) is 6.85. The fourth-order valence-electron chi connectivity index (χ4n) is 2.21. The van der Waals surface area contributed by atoms with E-state index in [4.69, 9.17) is 22.7 Å². The number of thiocarbonyl (C=S) groups is 1. The molecule has 3 nitrogen and oxygen atoms in total. The average molecular weight is 320 g/mol. The second kappa shape index (κ2) is 7.54. The molecule has 5 heteroatoms. The third kappa shape index (κ3) is 4.27. The van der Waals surface area contributed by atoms with Crippen LogP contribution in [0.3, 0.4) is 0 Å². The van der Waals surface area contributed by atoms with Crippen LogP contribution < -0.4 is 10.5 Å². The summed E-state index contributed by atoms with van der Waals surface area (Å²) in [7, 11) is 1.63. The van der Waals surface area contributed by atoms with Crippen molar-refractivity contribution < 1.29 is 4.74 Å². The molecule has 0 aliphatic heterocycles. The summed E-state index contributed by atoms with van der Waals surface area (Å²) in [5.41, 5.74) is 7.77. The lowest BCUT2D eigenvalue weighted by Crippen LogP contribution is -2.22. The van der Waals surface area contributed by atoms with Crippen molar-refractivity contribution in [3.63, 3.8) is 0 Å². The summed E-state index contributed by atoms with van der Waals surface area (Å²) in [6.45, 7) is 4.99. The fraction of sp³-hybridized carbons (Fsp3) is 0.312. The van der Waals surface area contributed by atoms with E-state index in [1.54, 1.807) is 18.4 Å². The van der Waals surface area contributed by atoms with Gasteiger partial charge in [0.25, 0.3) is 0 Å². The van der Waals surface area contributed by atoms with Gasteiger partial charge in [-0.05, 0) is 35.7 Å². The standard InChI is InChI=1S/C16H20N2OS2/c1-3-18(11-13-5-4-8-21-13)10-12-6-7-15(19-2)14(9-12)16(17)20/h4-9H,3,10-11H2,1-2H3,(H2,17,20). The second-order valence-electron chi connectivity index (χ2n) is 4.78. The summed E-state index contributed by atoms with van der Waals surface area (Å²) in [4.78, 5) is 4.13. The van der Waals surface area contributed by atoms with E-state index in [9.17, 15) is 0 Å². The van der Waals surface area contributed by atoms with Gasteiger partial charge in [0.2, 0.25) is 0 Å². The summed E-state index contributed by atoms with van der Waals surface area (Å²) >= 11 is 6.89.